The average Bonchev–Trinajstić information content (AvgIpc) is 3.02. The fourth-order valence-electron chi connectivity index (χ4n) is 3.14. The maximum atomic E-state index is 12.6. The molecule has 0 saturated heterocycles. The molecule has 0 aromatic heterocycles. The Labute approximate surface area is 142 Å². The van der Waals surface area contributed by atoms with Gasteiger partial charge in [-0.3, -0.25) is 9.59 Å². The van der Waals surface area contributed by atoms with E-state index in [1.54, 1.807) is 11.8 Å². The Bertz CT molecular complexity index is 553. The molecule has 1 aliphatic rings. The van der Waals surface area contributed by atoms with Crippen molar-refractivity contribution in [2.75, 3.05) is 11.1 Å². The summed E-state index contributed by atoms with van der Waals surface area (Å²) in [4.78, 5) is 23.1. The summed E-state index contributed by atoms with van der Waals surface area (Å²) < 4.78 is 0. The first kappa shape index (κ1) is 17.9. The van der Waals surface area contributed by atoms with Gasteiger partial charge in [0.25, 0.3) is 0 Å². The van der Waals surface area contributed by atoms with Gasteiger partial charge in [-0.1, -0.05) is 31.9 Å². The number of carbonyl (C=O) groups excluding carboxylic acids is 1. The Morgan fingerprint density at radius 3 is 2.70 bits per heavy atom. The van der Waals surface area contributed by atoms with Gasteiger partial charge < -0.3 is 10.4 Å². The average molecular weight is 335 g/mol. The molecule has 0 radical (unpaired) electrons. The van der Waals surface area contributed by atoms with Crippen molar-refractivity contribution in [2.45, 2.75) is 51.2 Å². The SMILES string of the molecule is CCC1(C(=O)Nc2cccc(CSCCC(=O)O)c2)CCCC1. The highest BCUT2D eigenvalue weighted by Gasteiger charge is 2.39. The second kappa shape index (κ2) is 8.39. The van der Waals surface area contributed by atoms with Crippen LogP contribution in [0.4, 0.5) is 5.69 Å². The first-order valence-electron chi connectivity index (χ1n) is 8.26. The molecule has 1 amide bonds. The van der Waals surface area contributed by atoms with Crippen LogP contribution in [0.25, 0.3) is 0 Å². The number of hydrogen-bond donors (Lipinski definition) is 2. The number of aliphatic carboxylic acids is 1. The van der Waals surface area contributed by atoms with E-state index in [1.807, 2.05) is 24.3 Å². The van der Waals surface area contributed by atoms with Gasteiger partial charge in [0.1, 0.15) is 0 Å². The van der Waals surface area contributed by atoms with Gasteiger partial charge in [0, 0.05) is 22.6 Å². The molecule has 0 aliphatic heterocycles. The van der Waals surface area contributed by atoms with Gasteiger partial charge in [0.05, 0.1) is 6.42 Å². The first-order chi connectivity index (χ1) is 11.1. The Morgan fingerprint density at radius 1 is 1.30 bits per heavy atom. The number of carboxylic acids is 1. The van der Waals surface area contributed by atoms with E-state index in [-0.39, 0.29) is 17.7 Å². The molecule has 0 heterocycles. The fourth-order valence-corrected chi connectivity index (χ4v) is 4.02. The van der Waals surface area contributed by atoms with Gasteiger partial charge in [-0.15, -0.1) is 0 Å². The molecule has 2 N–H and O–H groups in total. The number of anilines is 1. The van der Waals surface area contributed by atoms with Crippen LogP contribution in [0.3, 0.4) is 0 Å². The normalized spacial score (nSPS) is 16.2. The van der Waals surface area contributed by atoms with Crippen LogP contribution in [0, 0.1) is 5.41 Å². The third kappa shape index (κ3) is 4.99. The summed E-state index contributed by atoms with van der Waals surface area (Å²) in [5, 5.41) is 11.7. The molecule has 0 atom stereocenters. The molecule has 5 heteroatoms. The second-order valence-electron chi connectivity index (χ2n) is 6.19. The lowest BCUT2D eigenvalue weighted by molar-refractivity contribution is -0.136. The highest BCUT2D eigenvalue weighted by Crippen LogP contribution is 2.41. The summed E-state index contributed by atoms with van der Waals surface area (Å²) in [6.07, 6.45) is 5.33. The molecule has 0 bridgehead atoms. The van der Waals surface area contributed by atoms with Gasteiger partial charge in [-0.05, 0) is 37.0 Å². The Kier molecular flexibility index (Phi) is 6.51. The third-order valence-corrected chi connectivity index (χ3v) is 5.66. The number of rotatable bonds is 8. The highest BCUT2D eigenvalue weighted by molar-refractivity contribution is 7.98. The number of benzene rings is 1. The number of thioether (sulfide) groups is 1. The van der Waals surface area contributed by atoms with E-state index < -0.39 is 5.97 Å². The maximum Gasteiger partial charge on any atom is 0.304 e. The summed E-state index contributed by atoms with van der Waals surface area (Å²) in [7, 11) is 0. The van der Waals surface area contributed by atoms with Crippen LogP contribution in [-0.4, -0.2) is 22.7 Å². The summed E-state index contributed by atoms with van der Waals surface area (Å²) in [5.41, 5.74) is 1.76. The molecular formula is C18H25NO3S. The van der Waals surface area contributed by atoms with Crippen LogP contribution in [-0.2, 0) is 15.3 Å². The number of hydrogen-bond acceptors (Lipinski definition) is 3. The molecule has 2 rings (SSSR count). The lowest BCUT2D eigenvalue weighted by Crippen LogP contribution is -2.33. The summed E-state index contributed by atoms with van der Waals surface area (Å²) in [6, 6.07) is 7.86. The maximum absolute atomic E-state index is 12.6. The zero-order chi connectivity index (χ0) is 16.7. The van der Waals surface area contributed by atoms with Crippen LogP contribution < -0.4 is 5.32 Å². The lowest BCUT2D eigenvalue weighted by atomic mass is 9.82. The standard InChI is InChI=1S/C18H25NO3S/c1-2-18(9-3-4-10-18)17(22)19-15-7-5-6-14(12-15)13-23-11-8-16(20)21/h5-7,12H,2-4,8-11,13H2,1H3,(H,19,22)(H,20,21). The van der Waals surface area contributed by atoms with Crippen LogP contribution in [0.2, 0.25) is 0 Å². The van der Waals surface area contributed by atoms with Crippen molar-refractivity contribution < 1.29 is 14.7 Å². The zero-order valence-corrected chi connectivity index (χ0v) is 14.5. The molecule has 1 aliphatic carbocycles. The summed E-state index contributed by atoms with van der Waals surface area (Å²) >= 11 is 1.60. The molecular weight excluding hydrogens is 310 g/mol. The Morgan fingerprint density at radius 2 is 2.04 bits per heavy atom. The van der Waals surface area contributed by atoms with Gasteiger partial charge >= 0.3 is 5.97 Å². The van der Waals surface area contributed by atoms with E-state index in [9.17, 15) is 9.59 Å². The Hall–Kier alpha value is -1.49. The van der Waals surface area contributed by atoms with Gasteiger partial charge in [0.15, 0.2) is 0 Å². The van der Waals surface area contributed by atoms with Gasteiger partial charge in [-0.25, -0.2) is 0 Å². The van der Waals surface area contributed by atoms with E-state index in [0.717, 1.165) is 49.1 Å². The molecule has 0 unspecified atom stereocenters. The van der Waals surface area contributed by atoms with E-state index in [0.29, 0.717) is 5.75 Å². The number of amides is 1. The third-order valence-electron chi connectivity index (χ3n) is 4.63. The van der Waals surface area contributed by atoms with Crippen LogP contribution >= 0.6 is 11.8 Å². The van der Waals surface area contributed by atoms with Crippen molar-refractivity contribution in [1.29, 1.82) is 0 Å². The van der Waals surface area contributed by atoms with E-state index >= 15 is 0 Å². The highest BCUT2D eigenvalue weighted by atomic mass is 32.2. The number of carboxylic acid groups (broad SMARTS) is 1. The van der Waals surface area contributed by atoms with E-state index in [4.69, 9.17) is 5.11 Å². The predicted molar refractivity (Wildman–Crippen MR) is 94.7 cm³/mol. The van der Waals surface area contributed by atoms with E-state index in [1.165, 1.54) is 0 Å². The van der Waals surface area contributed by atoms with Gasteiger partial charge in [0.2, 0.25) is 5.91 Å². The summed E-state index contributed by atoms with van der Waals surface area (Å²) in [6.45, 7) is 2.10. The minimum Gasteiger partial charge on any atom is -0.481 e. The zero-order valence-electron chi connectivity index (χ0n) is 13.6. The molecule has 23 heavy (non-hydrogen) atoms. The smallest absolute Gasteiger partial charge is 0.304 e. The molecule has 1 saturated carbocycles. The van der Waals surface area contributed by atoms with E-state index in [2.05, 4.69) is 12.2 Å². The minimum absolute atomic E-state index is 0.146. The van der Waals surface area contributed by atoms with Crippen molar-refractivity contribution in [3.05, 3.63) is 29.8 Å². The predicted octanol–water partition coefficient (Wildman–Crippen LogP) is 4.30. The summed E-state index contributed by atoms with van der Waals surface area (Å²) in [5.74, 6) is 0.744. The van der Waals surface area contributed by atoms with Crippen LogP contribution in [0.5, 0.6) is 0 Å². The molecule has 0 spiro atoms. The van der Waals surface area contributed by atoms with Crippen molar-refractivity contribution >= 4 is 29.3 Å². The van der Waals surface area contributed by atoms with Crippen molar-refractivity contribution in [2.24, 2.45) is 5.41 Å². The van der Waals surface area contributed by atoms with Crippen molar-refractivity contribution in [3.8, 4) is 0 Å². The van der Waals surface area contributed by atoms with Gasteiger partial charge in [-0.2, -0.15) is 11.8 Å². The molecule has 1 fully saturated rings. The second-order valence-corrected chi connectivity index (χ2v) is 7.30. The molecule has 1 aromatic carbocycles. The van der Waals surface area contributed by atoms with Crippen LogP contribution in [0.1, 0.15) is 51.0 Å². The topological polar surface area (TPSA) is 66.4 Å². The lowest BCUT2D eigenvalue weighted by Gasteiger charge is -2.26. The number of carbonyl (C=O) groups is 2. The monoisotopic (exact) mass is 335 g/mol. The minimum atomic E-state index is -0.764. The number of nitrogens with one attached hydrogen (secondary N) is 1. The largest absolute Gasteiger partial charge is 0.481 e. The van der Waals surface area contributed by atoms with Crippen molar-refractivity contribution in [1.82, 2.24) is 0 Å². The molecule has 126 valence electrons. The first-order valence-corrected chi connectivity index (χ1v) is 9.41. The quantitative estimate of drug-likeness (QED) is 0.695. The molecule has 1 aromatic rings. The van der Waals surface area contributed by atoms with Crippen molar-refractivity contribution in [3.63, 3.8) is 0 Å². The Balaban J connectivity index is 1.91. The molecule has 4 nitrogen and oxygen atoms in total. The fraction of sp³-hybridized carbons (Fsp3) is 0.556. The van der Waals surface area contributed by atoms with Crippen LogP contribution in [0.15, 0.2) is 24.3 Å².